The van der Waals surface area contributed by atoms with E-state index in [-0.39, 0.29) is 31.6 Å². The number of hydrogen-bond donors (Lipinski definition) is 2. The Morgan fingerprint density at radius 2 is 1.79 bits per heavy atom. The van der Waals surface area contributed by atoms with E-state index in [0.29, 0.717) is 13.2 Å². The lowest BCUT2D eigenvalue weighted by Crippen LogP contribution is -2.69. The molecule has 14 heavy (non-hydrogen) atoms. The van der Waals surface area contributed by atoms with Gasteiger partial charge in [-0.1, -0.05) is 0 Å². The molecule has 0 aliphatic carbocycles. The third kappa shape index (κ3) is 1.63. The fourth-order valence-corrected chi connectivity index (χ4v) is 1.51. The molecule has 2 saturated heterocycles. The van der Waals surface area contributed by atoms with Crippen LogP contribution in [0.3, 0.4) is 0 Å². The maximum absolute atomic E-state index is 11.6. The Morgan fingerprint density at radius 3 is 2.36 bits per heavy atom. The van der Waals surface area contributed by atoms with E-state index in [0.717, 1.165) is 0 Å². The van der Waals surface area contributed by atoms with E-state index in [1.807, 2.05) is 0 Å². The van der Waals surface area contributed by atoms with Gasteiger partial charge in [-0.2, -0.15) is 0 Å². The highest BCUT2D eigenvalue weighted by Crippen LogP contribution is 2.12. The molecule has 2 amide bonds. The largest absolute Gasteiger partial charge is 0.376 e. The standard InChI is InChI=1S/C8H12N2O4/c11-6-3-9-8(7(12)10-6)4-13-1-2-14-5-8/h9H,1-5H2,(H,10,11,12). The Hall–Kier alpha value is -0.980. The molecule has 6 heteroatoms. The number of imide groups is 1. The first kappa shape index (κ1) is 9.57. The zero-order valence-electron chi connectivity index (χ0n) is 7.67. The molecule has 2 aliphatic rings. The van der Waals surface area contributed by atoms with Gasteiger partial charge < -0.3 is 9.47 Å². The van der Waals surface area contributed by atoms with Crippen molar-refractivity contribution in [2.45, 2.75) is 5.54 Å². The van der Waals surface area contributed by atoms with Crippen molar-refractivity contribution in [2.24, 2.45) is 0 Å². The average Bonchev–Trinajstić information content (AvgIpc) is 2.39. The summed E-state index contributed by atoms with van der Waals surface area (Å²) in [6.45, 7) is 1.56. The van der Waals surface area contributed by atoms with Crippen molar-refractivity contribution >= 4 is 11.8 Å². The van der Waals surface area contributed by atoms with Crippen LogP contribution in [0.5, 0.6) is 0 Å². The van der Waals surface area contributed by atoms with Crippen molar-refractivity contribution < 1.29 is 19.1 Å². The van der Waals surface area contributed by atoms with Gasteiger partial charge in [0, 0.05) is 0 Å². The number of piperazine rings is 1. The summed E-state index contributed by atoms with van der Waals surface area (Å²) < 4.78 is 10.5. The highest BCUT2D eigenvalue weighted by atomic mass is 16.5. The summed E-state index contributed by atoms with van der Waals surface area (Å²) in [5.74, 6) is -0.680. The molecule has 78 valence electrons. The van der Waals surface area contributed by atoms with Crippen LogP contribution in [0, 0.1) is 0 Å². The number of hydrogen-bond acceptors (Lipinski definition) is 5. The molecule has 0 bridgehead atoms. The Labute approximate surface area is 80.9 Å². The zero-order chi connectivity index (χ0) is 10.0. The number of nitrogens with one attached hydrogen (secondary N) is 2. The predicted octanol–water partition coefficient (Wildman–Crippen LogP) is -1.98. The molecule has 0 unspecified atom stereocenters. The molecule has 0 aromatic rings. The second kappa shape index (κ2) is 3.64. The molecule has 2 aliphatic heterocycles. The summed E-state index contributed by atoms with van der Waals surface area (Å²) in [4.78, 5) is 22.5. The molecular formula is C8H12N2O4. The van der Waals surface area contributed by atoms with Crippen LogP contribution in [0.25, 0.3) is 0 Å². The quantitative estimate of drug-likeness (QED) is 0.443. The third-order valence-corrected chi connectivity index (χ3v) is 2.34. The second-order valence-electron chi connectivity index (χ2n) is 3.42. The van der Waals surface area contributed by atoms with Gasteiger partial charge in [-0.3, -0.25) is 20.2 Å². The summed E-state index contributed by atoms with van der Waals surface area (Å²) in [6.07, 6.45) is 0. The topological polar surface area (TPSA) is 76.7 Å². The number of ether oxygens (including phenoxy) is 2. The van der Waals surface area contributed by atoms with Crippen LogP contribution in [0.1, 0.15) is 0 Å². The van der Waals surface area contributed by atoms with Gasteiger partial charge in [-0.15, -0.1) is 0 Å². The van der Waals surface area contributed by atoms with Crippen molar-refractivity contribution in [3.63, 3.8) is 0 Å². The Kier molecular flexibility index (Phi) is 2.49. The van der Waals surface area contributed by atoms with E-state index in [4.69, 9.17) is 9.47 Å². The molecule has 2 fully saturated rings. The smallest absolute Gasteiger partial charge is 0.251 e. The second-order valence-corrected chi connectivity index (χ2v) is 3.42. The Bertz CT molecular complexity index is 258. The molecule has 1 spiro atoms. The van der Waals surface area contributed by atoms with E-state index in [1.54, 1.807) is 0 Å². The minimum absolute atomic E-state index is 0.123. The van der Waals surface area contributed by atoms with Gasteiger partial charge in [0.05, 0.1) is 33.0 Å². The zero-order valence-corrected chi connectivity index (χ0v) is 7.67. The van der Waals surface area contributed by atoms with Gasteiger partial charge in [0.15, 0.2) is 0 Å². The predicted molar refractivity (Wildman–Crippen MR) is 45.5 cm³/mol. The lowest BCUT2D eigenvalue weighted by molar-refractivity contribution is -0.141. The first-order chi connectivity index (χ1) is 6.73. The van der Waals surface area contributed by atoms with Gasteiger partial charge in [0.25, 0.3) is 5.91 Å². The van der Waals surface area contributed by atoms with Gasteiger partial charge in [0.1, 0.15) is 5.54 Å². The Balaban J connectivity index is 2.12. The molecule has 0 saturated carbocycles. The van der Waals surface area contributed by atoms with Gasteiger partial charge in [-0.25, -0.2) is 0 Å². The molecule has 0 aromatic heterocycles. The summed E-state index contributed by atoms with van der Waals surface area (Å²) in [7, 11) is 0. The fourth-order valence-electron chi connectivity index (χ4n) is 1.51. The molecule has 2 N–H and O–H groups in total. The normalized spacial score (nSPS) is 27.1. The van der Waals surface area contributed by atoms with E-state index in [2.05, 4.69) is 10.6 Å². The average molecular weight is 200 g/mol. The fraction of sp³-hybridized carbons (Fsp3) is 0.750. The number of carbonyl (C=O) groups is 2. The van der Waals surface area contributed by atoms with Crippen molar-refractivity contribution in [3.05, 3.63) is 0 Å². The van der Waals surface area contributed by atoms with E-state index < -0.39 is 5.54 Å². The van der Waals surface area contributed by atoms with Crippen molar-refractivity contribution in [1.82, 2.24) is 10.6 Å². The monoisotopic (exact) mass is 200 g/mol. The third-order valence-electron chi connectivity index (χ3n) is 2.34. The SMILES string of the molecule is O=C1CNC2(COCCOC2)C(=O)N1. The highest BCUT2D eigenvalue weighted by Gasteiger charge is 2.44. The number of carbonyl (C=O) groups excluding carboxylic acids is 2. The van der Waals surface area contributed by atoms with Crippen molar-refractivity contribution in [3.8, 4) is 0 Å². The lowest BCUT2D eigenvalue weighted by Gasteiger charge is -2.33. The van der Waals surface area contributed by atoms with Crippen LogP contribution in [0.15, 0.2) is 0 Å². The summed E-state index contributed by atoms with van der Waals surface area (Å²) in [5, 5.41) is 5.13. The number of amides is 2. The van der Waals surface area contributed by atoms with Gasteiger partial charge >= 0.3 is 0 Å². The highest BCUT2D eigenvalue weighted by molar-refractivity contribution is 6.03. The molecule has 0 atom stereocenters. The summed E-state index contributed by atoms with van der Waals surface area (Å²) in [5.41, 5.74) is -0.885. The van der Waals surface area contributed by atoms with E-state index >= 15 is 0 Å². The molecular weight excluding hydrogens is 188 g/mol. The van der Waals surface area contributed by atoms with Crippen LogP contribution >= 0.6 is 0 Å². The van der Waals surface area contributed by atoms with Crippen LogP contribution in [-0.2, 0) is 19.1 Å². The van der Waals surface area contributed by atoms with Crippen molar-refractivity contribution in [2.75, 3.05) is 33.0 Å². The van der Waals surface area contributed by atoms with Crippen LogP contribution in [-0.4, -0.2) is 50.3 Å². The lowest BCUT2D eigenvalue weighted by atomic mass is 9.98. The van der Waals surface area contributed by atoms with Crippen LogP contribution < -0.4 is 10.6 Å². The minimum atomic E-state index is -0.885. The number of rotatable bonds is 0. The molecule has 2 heterocycles. The van der Waals surface area contributed by atoms with E-state index in [1.165, 1.54) is 0 Å². The Morgan fingerprint density at radius 1 is 1.14 bits per heavy atom. The molecule has 2 rings (SSSR count). The van der Waals surface area contributed by atoms with Gasteiger partial charge in [-0.05, 0) is 0 Å². The summed E-state index contributed by atoms with van der Waals surface area (Å²) >= 11 is 0. The van der Waals surface area contributed by atoms with Crippen LogP contribution in [0.2, 0.25) is 0 Å². The van der Waals surface area contributed by atoms with E-state index in [9.17, 15) is 9.59 Å². The first-order valence-corrected chi connectivity index (χ1v) is 4.48. The maximum atomic E-state index is 11.6. The minimum Gasteiger partial charge on any atom is -0.376 e. The van der Waals surface area contributed by atoms with Crippen molar-refractivity contribution in [1.29, 1.82) is 0 Å². The summed E-state index contributed by atoms with van der Waals surface area (Å²) in [6, 6.07) is 0. The molecule has 0 radical (unpaired) electrons. The maximum Gasteiger partial charge on any atom is 0.251 e. The van der Waals surface area contributed by atoms with Crippen LogP contribution in [0.4, 0.5) is 0 Å². The van der Waals surface area contributed by atoms with Gasteiger partial charge in [0.2, 0.25) is 5.91 Å². The first-order valence-electron chi connectivity index (χ1n) is 4.48. The molecule has 0 aromatic carbocycles. The molecule has 6 nitrogen and oxygen atoms in total.